The van der Waals surface area contributed by atoms with E-state index in [1.54, 1.807) is 0 Å². The number of hydrogen-bond acceptors (Lipinski definition) is 9. The quantitative estimate of drug-likeness (QED) is 0.139. The van der Waals surface area contributed by atoms with Gasteiger partial charge in [-0.25, -0.2) is 0 Å². The average Bonchev–Trinajstić information content (AvgIpc) is 3.44. The van der Waals surface area contributed by atoms with E-state index < -0.39 is 64.8 Å². The molecule has 54 heavy (non-hydrogen) atoms. The molecule has 0 aromatic carbocycles. The second-order valence-electron chi connectivity index (χ2n) is 18.4. The molecule has 0 aromatic heterocycles. The minimum Gasteiger partial charge on any atom is -0.481 e. The van der Waals surface area contributed by atoms with Gasteiger partial charge in [-0.15, -0.1) is 0 Å². The van der Waals surface area contributed by atoms with E-state index in [1.807, 2.05) is 54.5 Å². The van der Waals surface area contributed by atoms with E-state index in [-0.39, 0.29) is 83.2 Å². The van der Waals surface area contributed by atoms with Gasteiger partial charge in [-0.2, -0.15) is 0 Å². The van der Waals surface area contributed by atoms with Gasteiger partial charge < -0.3 is 39.0 Å². The zero-order valence-corrected chi connectivity index (χ0v) is 37.5. The fourth-order valence-corrected chi connectivity index (χ4v) is 11.0. The number of ketones is 1. The number of carboxylic acid groups (broad SMARTS) is 1. The third kappa shape index (κ3) is 8.79. The summed E-state index contributed by atoms with van der Waals surface area (Å²) in [4.78, 5) is 26.5. The average molecular weight is 772 g/mol. The Morgan fingerprint density at radius 3 is 2.07 bits per heavy atom. The van der Waals surface area contributed by atoms with Crippen molar-refractivity contribution in [2.24, 2.45) is 47.3 Å². The summed E-state index contributed by atoms with van der Waals surface area (Å²) in [7, 11) is 0. The Morgan fingerprint density at radius 1 is 0.852 bits per heavy atom. The smallest absolute Gasteiger partial charge is 0.309 e. The van der Waals surface area contributed by atoms with Crippen LogP contribution in [0.5, 0.6) is 0 Å². The minimum absolute atomic E-state index is 0. The van der Waals surface area contributed by atoms with Gasteiger partial charge in [-0.05, 0) is 89.0 Å². The molecule has 0 amide bonds. The molecular formula is C43H72NaO10. The van der Waals surface area contributed by atoms with Crippen molar-refractivity contribution in [3.63, 3.8) is 0 Å². The summed E-state index contributed by atoms with van der Waals surface area (Å²) in [5, 5.41) is 32.7. The third-order valence-electron chi connectivity index (χ3n) is 14.7. The van der Waals surface area contributed by atoms with Crippen LogP contribution in [0.3, 0.4) is 0 Å². The molecular weight excluding hydrogens is 699 g/mol. The number of aliphatic hydroxyl groups is 2. The second kappa shape index (κ2) is 17.8. The van der Waals surface area contributed by atoms with Crippen molar-refractivity contribution in [2.75, 3.05) is 0 Å². The Kier molecular flexibility index (Phi) is 15.3. The van der Waals surface area contributed by atoms with Crippen LogP contribution in [0.2, 0.25) is 0 Å². The summed E-state index contributed by atoms with van der Waals surface area (Å²) in [6.07, 6.45) is 8.18. The van der Waals surface area contributed by atoms with E-state index in [9.17, 15) is 24.9 Å². The molecule has 5 rings (SSSR count). The number of aliphatic carboxylic acids is 1. The van der Waals surface area contributed by atoms with Crippen molar-refractivity contribution in [3.8, 4) is 0 Å². The Balaban J connectivity index is 0.00000650. The van der Waals surface area contributed by atoms with Crippen LogP contribution in [0.25, 0.3) is 0 Å². The molecule has 18 unspecified atom stereocenters. The molecule has 10 nitrogen and oxygen atoms in total. The topological polar surface area (TPSA) is 141 Å². The molecule has 11 heteroatoms. The van der Waals surface area contributed by atoms with Gasteiger partial charge in [0.25, 0.3) is 0 Å². The zero-order chi connectivity index (χ0) is 39.3. The summed E-state index contributed by atoms with van der Waals surface area (Å²) < 4.78 is 34.0. The number of hydrogen-bond donors (Lipinski definition) is 3. The second-order valence-corrected chi connectivity index (χ2v) is 18.4. The third-order valence-corrected chi connectivity index (χ3v) is 14.7. The van der Waals surface area contributed by atoms with Crippen molar-refractivity contribution in [3.05, 3.63) is 12.2 Å². The van der Waals surface area contributed by atoms with Gasteiger partial charge in [0.2, 0.25) is 0 Å². The van der Waals surface area contributed by atoms with Crippen LogP contribution in [-0.2, 0) is 33.3 Å². The van der Waals surface area contributed by atoms with Crippen molar-refractivity contribution in [1.29, 1.82) is 0 Å². The number of ether oxygens (including phenoxy) is 5. The van der Waals surface area contributed by atoms with E-state index in [4.69, 9.17) is 23.7 Å². The maximum atomic E-state index is 14.5. The molecule has 1 radical (unpaired) electrons. The van der Waals surface area contributed by atoms with E-state index in [0.717, 1.165) is 19.3 Å². The number of aliphatic hydroxyl groups excluding tert-OH is 1. The van der Waals surface area contributed by atoms with E-state index in [1.165, 1.54) is 0 Å². The van der Waals surface area contributed by atoms with Gasteiger partial charge in [0.15, 0.2) is 11.6 Å². The molecule has 18 atom stereocenters. The van der Waals surface area contributed by atoms with Crippen molar-refractivity contribution in [1.82, 2.24) is 0 Å². The Bertz CT molecular complexity index is 1330. The van der Waals surface area contributed by atoms with Crippen LogP contribution in [0.15, 0.2) is 12.2 Å². The molecule has 5 aliphatic heterocycles. The molecule has 0 aromatic rings. The fraction of sp³-hybridized carbons (Fsp3) is 0.907. The molecule has 5 heterocycles. The Labute approximate surface area is 347 Å². The molecule has 305 valence electrons. The summed E-state index contributed by atoms with van der Waals surface area (Å²) >= 11 is 0. The number of Topliss-reactive ketones (excluding diaryl/α,β-unsaturated/α-hetero) is 1. The SMILES string of the molecule is CCC(C(=O)O)C1OC(C(C)C(O)C(C)C(=O)C(CC)C2OC3(C=CCC4(CCC(C)(C5CCC(O)(CC)C(C)O5)O4)O3)C(C)CC2C)C(C)CC1C.[Na]. The van der Waals surface area contributed by atoms with Gasteiger partial charge in [0, 0.05) is 66.1 Å². The van der Waals surface area contributed by atoms with Crippen molar-refractivity contribution >= 4 is 41.3 Å². The van der Waals surface area contributed by atoms with Crippen LogP contribution in [0.1, 0.15) is 140 Å². The fourth-order valence-electron chi connectivity index (χ4n) is 11.0. The van der Waals surface area contributed by atoms with Gasteiger partial charge >= 0.3 is 5.97 Å². The first kappa shape index (κ1) is 46.3. The summed E-state index contributed by atoms with van der Waals surface area (Å²) in [5.74, 6) is -4.68. The van der Waals surface area contributed by atoms with E-state index in [0.29, 0.717) is 44.9 Å². The standard InChI is InChI=1S/C43H72O10.Na/c1-12-31(35(45)28(8)34(44)29(9)36-24(4)22-25(5)37(50-36)32(13-2)39(46)47)38-26(6)23-27(7)43(51-38)18-15-17-42(53-43)21-20-40(11,52-42)33-16-19-41(48,14-3)30(10)49-33;/h15,18,24-34,36-38,44,48H,12-14,16-17,19-23H2,1-11H3,(H,46,47);. The summed E-state index contributed by atoms with van der Waals surface area (Å²) in [5.41, 5.74) is -1.40. The monoisotopic (exact) mass is 772 g/mol. The van der Waals surface area contributed by atoms with Gasteiger partial charge in [-0.3, -0.25) is 9.59 Å². The van der Waals surface area contributed by atoms with Crippen LogP contribution >= 0.6 is 0 Å². The Hall–Kier alpha value is -0.400. The molecule has 4 fully saturated rings. The number of carbonyl (C=O) groups excluding carboxylic acids is 1. The van der Waals surface area contributed by atoms with Gasteiger partial charge in [-0.1, -0.05) is 68.4 Å². The molecule has 0 bridgehead atoms. The van der Waals surface area contributed by atoms with Gasteiger partial charge in [0.05, 0.1) is 53.7 Å². The largest absolute Gasteiger partial charge is 0.481 e. The molecule has 3 N–H and O–H groups in total. The Morgan fingerprint density at radius 2 is 1.48 bits per heavy atom. The van der Waals surface area contributed by atoms with E-state index >= 15 is 0 Å². The number of carboxylic acids is 1. The van der Waals surface area contributed by atoms with Gasteiger partial charge in [0.1, 0.15) is 5.78 Å². The van der Waals surface area contributed by atoms with E-state index in [2.05, 4.69) is 33.8 Å². The first-order chi connectivity index (χ1) is 24.8. The molecule has 2 spiro atoms. The predicted molar refractivity (Wildman–Crippen MR) is 208 cm³/mol. The summed E-state index contributed by atoms with van der Waals surface area (Å²) in [6, 6.07) is 0. The number of rotatable bonds is 12. The maximum absolute atomic E-state index is 14.5. The van der Waals surface area contributed by atoms with Crippen molar-refractivity contribution in [2.45, 2.75) is 200 Å². The molecule has 4 saturated heterocycles. The summed E-state index contributed by atoms with van der Waals surface area (Å²) in [6.45, 7) is 22.1. The number of carbonyl (C=O) groups is 2. The minimum atomic E-state index is -1.07. The van der Waals surface area contributed by atoms with Crippen LogP contribution in [0.4, 0.5) is 0 Å². The first-order valence-corrected chi connectivity index (χ1v) is 21.0. The maximum Gasteiger partial charge on any atom is 0.309 e. The normalized spacial score (nSPS) is 45.3. The molecule has 5 aliphatic rings. The van der Waals surface area contributed by atoms with Crippen molar-refractivity contribution < 1.29 is 48.6 Å². The predicted octanol–water partition coefficient (Wildman–Crippen LogP) is 7.08. The zero-order valence-electron chi connectivity index (χ0n) is 35.5. The first-order valence-electron chi connectivity index (χ1n) is 21.0. The molecule has 0 saturated carbocycles. The van der Waals surface area contributed by atoms with Crippen LogP contribution < -0.4 is 0 Å². The van der Waals surface area contributed by atoms with Crippen LogP contribution in [-0.4, -0.2) is 116 Å². The molecule has 0 aliphatic carbocycles. The van der Waals surface area contributed by atoms with Crippen LogP contribution in [0, 0.1) is 47.3 Å².